The fourth-order valence-electron chi connectivity index (χ4n) is 4.14. The standard InChI is InChI=1S/C22H22BFN6O2/c1-29-10-4-7-16-20(25-12-14-5-2-6-15(24)11-14)27-22(28-21(16)29)30-19-9-3-8-18(23(31)32)17(19)13-26-30/h2-3,5-6,8-9,11,13,31-32H,4,7,10,12H2,1H3,(H,25,27,28). The lowest BCUT2D eigenvalue weighted by molar-refractivity contribution is 0.426. The first-order valence-corrected chi connectivity index (χ1v) is 10.4. The van der Waals surface area contributed by atoms with Crippen molar-refractivity contribution in [1.82, 2.24) is 19.7 Å². The van der Waals surface area contributed by atoms with Crippen LogP contribution in [0.4, 0.5) is 16.0 Å². The molecule has 2 aromatic carbocycles. The topological polar surface area (TPSA) is 99.3 Å². The van der Waals surface area contributed by atoms with Gasteiger partial charge in [0.1, 0.15) is 17.5 Å². The SMILES string of the molecule is CN1CCCc2c(NCc3cccc(F)c3)nc(-n3ncc4c(B(O)O)cccc43)nc21. The molecule has 5 rings (SSSR count). The Hall–Kier alpha value is -3.50. The quantitative estimate of drug-likeness (QED) is 0.413. The number of nitrogens with zero attached hydrogens (tertiary/aromatic N) is 5. The summed E-state index contributed by atoms with van der Waals surface area (Å²) in [6, 6.07) is 11.7. The lowest BCUT2D eigenvalue weighted by Crippen LogP contribution is -2.30. The first-order chi connectivity index (χ1) is 15.5. The van der Waals surface area contributed by atoms with Gasteiger partial charge < -0.3 is 20.3 Å². The third-order valence-electron chi connectivity index (χ3n) is 5.72. The summed E-state index contributed by atoms with van der Waals surface area (Å²) in [7, 11) is 0.391. The maximum Gasteiger partial charge on any atom is 0.489 e. The zero-order valence-corrected chi connectivity index (χ0v) is 17.5. The van der Waals surface area contributed by atoms with Crippen LogP contribution in [0.5, 0.6) is 0 Å². The van der Waals surface area contributed by atoms with Gasteiger partial charge in [0.25, 0.3) is 5.95 Å². The molecule has 4 aromatic rings. The zero-order chi connectivity index (χ0) is 22.2. The Morgan fingerprint density at radius 1 is 1.16 bits per heavy atom. The van der Waals surface area contributed by atoms with Crippen LogP contribution < -0.4 is 15.7 Å². The van der Waals surface area contributed by atoms with Crippen molar-refractivity contribution in [3.05, 3.63) is 65.6 Å². The van der Waals surface area contributed by atoms with E-state index in [1.54, 1.807) is 29.1 Å². The molecular weight excluding hydrogens is 410 g/mol. The van der Waals surface area contributed by atoms with Gasteiger partial charge in [-0.1, -0.05) is 24.3 Å². The lowest BCUT2D eigenvalue weighted by Gasteiger charge is -2.28. The summed E-state index contributed by atoms with van der Waals surface area (Å²) in [5, 5.41) is 27.8. The molecule has 1 aliphatic heterocycles. The molecule has 162 valence electrons. The van der Waals surface area contributed by atoms with Crippen LogP contribution in [-0.2, 0) is 13.0 Å². The van der Waals surface area contributed by atoms with E-state index in [0.29, 0.717) is 34.7 Å². The molecule has 8 nitrogen and oxygen atoms in total. The summed E-state index contributed by atoms with van der Waals surface area (Å²) in [4.78, 5) is 11.6. The Labute approximate surface area is 184 Å². The van der Waals surface area contributed by atoms with Gasteiger partial charge in [0, 0.05) is 31.1 Å². The largest absolute Gasteiger partial charge is 0.489 e. The van der Waals surface area contributed by atoms with Crippen molar-refractivity contribution in [2.24, 2.45) is 0 Å². The van der Waals surface area contributed by atoms with Crippen LogP contribution in [0.15, 0.2) is 48.7 Å². The molecule has 0 bridgehead atoms. The summed E-state index contributed by atoms with van der Waals surface area (Å²) in [6.07, 6.45) is 3.41. The zero-order valence-electron chi connectivity index (χ0n) is 17.5. The molecule has 0 radical (unpaired) electrons. The van der Waals surface area contributed by atoms with E-state index >= 15 is 0 Å². The number of rotatable bonds is 5. The smallest absolute Gasteiger partial charge is 0.423 e. The average molecular weight is 432 g/mol. The minimum Gasteiger partial charge on any atom is -0.423 e. The molecule has 32 heavy (non-hydrogen) atoms. The van der Waals surface area contributed by atoms with Crippen molar-refractivity contribution in [3.63, 3.8) is 0 Å². The van der Waals surface area contributed by atoms with Crippen LogP contribution in [0.2, 0.25) is 0 Å². The van der Waals surface area contributed by atoms with Gasteiger partial charge in [0.15, 0.2) is 0 Å². The van der Waals surface area contributed by atoms with Crippen molar-refractivity contribution < 1.29 is 14.4 Å². The van der Waals surface area contributed by atoms with Crippen molar-refractivity contribution in [2.45, 2.75) is 19.4 Å². The Bertz CT molecular complexity index is 1290. The molecule has 0 spiro atoms. The number of nitrogens with one attached hydrogen (secondary N) is 1. The van der Waals surface area contributed by atoms with Gasteiger partial charge in [-0.25, -0.2) is 4.39 Å². The Kier molecular flexibility index (Phi) is 5.24. The van der Waals surface area contributed by atoms with Crippen LogP contribution in [0.3, 0.4) is 0 Å². The molecule has 0 unspecified atom stereocenters. The normalized spacial score (nSPS) is 13.3. The second-order valence-corrected chi connectivity index (χ2v) is 7.89. The van der Waals surface area contributed by atoms with Crippen LogP contribution in [0.25, 0.3) is 16.9 Å². The molecule has 0 aliphatic carbocycles. The summed E-state index contributed by atoms with van der Waals surface area (Å²) in [5.41, 5.74) is 2.87. The van der Waals surface area contributed by atoms with E-state index in [0.717, 1.165) is 36.3 Å². The minimum atomic E-state index is -1.60. The number of benzene rings is 2. The van der Waals surface area contributed by atoms with Crippen molar-refractivity contribution in [2.75, 3.05) is 23.8 Å². The molecule has 0 fully saturated rings. The maximum absolute atomic E-state index is 13.6. The number of hydrogen-bond acceptors (Lipinski definition) is 7. The van der Waals surface area contributed by atoms with E-state index in [1.165, 1.54) is 12.1 Å². The monoisotopic (exact) mass is 432 g/mol. The first kappa shape index (κ1) is 20.4. The Morgan fingerprint density at radius 2 is 2.00 bits per heavy atom. The molecule has 3 heterocycles. The van der Waals surface area contributed by atoms with E-state index in [4.69, 9.17) is 9.97 Å². The molecule has 1 aliphatic rings. The highest BCUT2D eigenvalue weighted by atomic mass is 19.1. The summed E-state index contributed by atoms with van der Waals surface area (Å²) < 4.78 is 15.2. The Balaban J connectivity index is 1.59. The predicted molar refractivity (Wildman–Crippen MR) is 122 cm³/mol. The summed E-state index contributed by atoms with van der Waals surface area (Å²) in [5.74, 6) is 1.60. The van der Waals surface area contributed by atoms with Gasteiger partial charge in [0.05, 0.1) is 11.7 Å². The van der Waals surface area contributed by atoms with E-state index in [9.17, 15) is 14.4 Å². The highest BCUT2D eigenvalue weighted by Gasteiger charge is 2.24. The molecule has 0 amide bonds. The second kappa shape index (κ2) is 8.21. The summed E-state index contributed by atoms with van der Waals surface area (Å²) >= 11 is 0. The van der Waals surface area contributed by atoms with Gasteiger partial charge in [0.2, 0.25) is 0 Å². The number of halogens is 1. The maximum atomic E-state index is 13.6. The van der Waals surface area contributed by atoms with Gasteiger partial charge in [-0.3, -0.25) is 0 Å². The van der Waals surface area contributed by atoms with Gasteiger partial charge in [-0.15, -0.1) is 0 Å². The van der Waals surface area contributed by atoms with Crippen LogP contribution in [0, 0.1) is 5.82 Å². The van der Waals surface area contributed by atoms with Crippen LogP contribution in [0.1, 0.15) is 17.5 Å². The molecule has 0 saturated carbocycles. The van der Waals surface area contributed by atoms with Gasteiger partial charge in [-0.2, -0.15) is 19.7 Å². The third kappa shape index (κ3) is 3.67. The second-order valence-electron chi connectivity index (χ2n) is 7.89. The lowest BCUT2D eigenvalue weighted by atomic mass is 9.78. The van der Waals surface area contributed by atoms with Crippen molar-refractivity contribution in [3.8, 4) is 5.95 Å². The number of anilines is 2. The fourth-order valence-corrected chi connectivity index (χ4v) is 4.14. The minimum absolute atomic E-state index is 0.278. The number of aromatic nitrogens is 4. The van der Waals surface area contributed by atoms with Crippen molar-refractivity contribution in [1.29, 1.82) is 0 Å². The molecule has 3 N–H and O–H groups in total. The van der Waals surface area contributed by atoms with Crippen LogP contribution in [-0.4, -0.2) is 50.5 Å². The van der Waals surface area contributed by atoms with E-state index in [1.807, 2.05) is 19.2 Å². The van der Waals surface area contributed by atoms with Gasteiger partial charge >= 0.3 is 7.12 Å². The molecule has 0 saturated heterocycles. The highest BCUT2D eigenvalue weighted by Crippen LogP contribution is 2.31. The first-order valence-electron chi connectivity index (χ1n) is 10.4. The van der Waals surface area contributed by atoms with E-state index < -0.39 is 7.12 Å². The predicted octanol–water partition coefficient (Wildman–Crippen LogP) is 1.63. The molecule has 2 aromatic heterocycles. The number of fused-ring (bicyclic) bond motifs is 2. The molecule has 0 atom stereocenters. The van der Waals surface area contributed by atoms with E-state index in [2.05, 4.69) is 15.3 Å². The van der Waals surface area contributed by atoms with Crippen molar-refractivity contribution >= 4 is 35.1 Å². The highest BCUT2D eigenvalue weighted by molar-refractivity contribution is 6.61. The van der Waals surface area contributed by atoms with Gasteiger partial charge in [-0.05, 0) is 42.1 Å². The number of hydrogen-bond donors (Lipinski definition) is 3. The van der Waals surface area contributed by atoms with Crippen LogP contribution >= 0.6 is 0 Å². The van der Waals surface area contributed by atoms with E-state index in [-0.39, 0.29) is 5.82 Å². The Morgan fingerprint density at radius 3 is 2.81 bits per heavy atom. The third-order valence-corrected chi connectivity index (χ3v) is 5.72. The fraction of sp³-hybridized carbons (Fsp3) is 0.227. The summed E-state index contributed by atoms with van der Waals surface area (Å²) in [6.45, 7) is 1.30. The molecular formula is C22H22BFN6O2. The molecule has 10 heteroatoms. The average Bonchev–Trinajstić information content (AvgIpc) is 3.22.